The summed E-state index contributed by atoms with van der Waals surface area (Å²) in [6.07, 6.45) is 1.31. The van der Waals surface area contributed by atoms with Crippen LogP contribution in [0.1, 0.15) is 25.8 Å². The highest BCUT2D eigenvalue weighted by molar-refractivity contribution is 5.68. The summed E-state index contributed by atoms with van der Waals surface area (Å²) in [6, 6.07) is 3.40. The van der Waals surface area contributed by atoms with Gasteiger partial charge in [-0.3, -0.25) is 4.90 Å². The second kappa shape index (κ2) is 7.77. The van der Waals surface area contributed by atoms with E-state index in [-0.39, 0.29) is 12.5 Å². The lowest BCUT2D eigenvalue weighted by molar-refractivity contribution is 0.0423. The highest BCUT2D eigenvalue weighted by Gasteiger charge is 2.30. The van der Waals surface area contributed by atoms with Crippen LogP contribution in [0.3, 0.4) is 0 Å². The largest absolute Gasteiger partial charge is 0.493 e. The average Bonchev–Trinajstić information content (AvgIpc) is 2.52. The van der Waals surface area contributed by atoms with Gasteiger partial charge in [0.05, 0.1) is 6.61 Å². The summed E-state index contributed by atoms with van der Waals surface area (Å²) in [5.74, 6) is -0.130. The second-order valence-corrected chi connectivity index (χ2v) is 6.28. The molecule has 1 heterocycles. The van der Waals surface area contributed by atoms with Crippen LogP contribution in [0.15, 0.2) is 18.7 Å². The number of benzene rings is 1. The molecule has 1 fully saturated rings. The van der Waals surface area contributed by atoms with Crippen molar-refractivity contribution in [3.05, 3.63) is 30.1 Å². The Labute approximate surface area is 137 Å². The van der Waals surface area contributed by atoms with Crippen LogP contribution in [0.4, 0.5) is 14.5 Å². The highest BCUT2D eigenvalue weighted by atomic mass is 19.1. The molecule has 0 aliphatic carbocycles. The molecule has 1 aromatic rings. The average molecular weight is 324 g/mol. The van der Waals surface area contributed by atoms with Gasteiger partial charge < -0.3 is 10.1 Å². The van der Waals surface area contributed by atoms with Crippen molar-refractivity contribution < 1.29 is 13.5 Å². The van der Waals surface area contributed by atoms with E-state index in [1.807, 2.05) is 0 Å². The zero-order valence-electron chi connectivity index (χ0n) is 14.1. The van der Waals surface area contributed by atoms with Gasteiger partial charge in [-0.1, -0.05) is 12.7 Å². The molecule has 1 aliphatic heterocycles. The summed E-state index contributed by atoms with van der Waals surface area (Å²) in [5.41, 5.74) is 1.02. The van der Waals surface area contributed by atoms with Crippen molar-refractivity contribution in [3.8, 4) is 5.75 Å². The van der Waals surface area contributed by atoms with Gasteiger partial charge in [0, 0.05) is 48.9 Å². The number of piperidine rings is 1. The van der Waals surface area contributed by atoms with Gasteiger partial charge in [0.2, 0.25) is 0 Å². The molecule has 1 aliphatic rings. The van der Waals surface area contributed by atoms with Gasteiger partial charge in [0.1, 0.15) is 17.7 Å². The van der Waals surface area contributed by atoms with Crippen molar-refractivity contribution in [2.75, 3.05) is 32.1 Å². The lowest BCUT2D eigenvalue weighted by Gasteiger charge is -2.36. The number of alkyl halides is 1. The Hall–Kier alpha value is -1.62. The Morgan fingerprint density at radius 3 is 2.78 bits per heavy atom. The number of likely N-dealkylation sites (tertiary alicyclic amines) is 1. The standard InChI is InChI=1S/C18H26F2N2O/c1-5-15-16(19)8-14(9-18(15)21-4)23-11-13-6-7-22(12(2)3)10-17(13)20/h5,8-9,12-13,17,21H,1,6-7,10-11H2,2-4H3. The van der Waals surface area contributed by atoms with Crippen LogP contribution in [0.25, 0.3) is 6.08 Å². The summed E-state index contributed by atoms with van der Waals surface area (Å²) < 4.78 is 34.0. The molecule has 1 N–H and O–H groups in total. The lowest BCUT2D eigenvalue weighted by atomic mass is 9.95. The minimum Gasteiger partial charge on any atom is -0.493 e. The van der Waals surface area contributed by atoms with E-state index in [0.29, 0.717) is 29.6 Å². The van der Waals surface area contributed by atoms with Crippen LogP contribution in [-0.2, 0) is 0 Å². The van der Waals surface area contributed by atoms with Crippen LogP contribution in [0, 0.1) is 11.7 Å². The molecule has 23 heavy (non-hydrogen) atoms. The monoisotopic (exact) mass is 324 g/mol. The quantitative estimate of drug-likeness (QED) is 0.857. The summed E-state index contributed by atoms with van der Waals surface area (Å²) in [7, 11) is 1.71. The number of anilines is 1. The lowest BCUT2D eigenvalue weighted by Crippen LogP contribution is -2.46. The predicted octanol–water partition coefficient (Wildman–Crippen LogP) is 3.96. The molecule has 0 spiro atoms. The molecule has 0 radical (unpaired) electrons. The normalized spacial score (nSPS) is 22.2. The van der Waals surface area contributed by atoms with E-state index < -0.39 is 12.0 Å². The second-order valence-electron chi connectivity index (χ2n) is 6.28. The first kappa shape index (κ1) is 17.7. The Morgan fingerprint density at radius 2 is 2.22 bits per heavy atom. The highest BCUT2D eigenvalue weighted by Crippen LogP contribution is 2.28. The maximum atomic E-state index is 14.3. The Balaban J connectivity index is 1.99. The molecule has 2 unspecified atom stereocenters. The van der Waals surface area contributed by atoms with Crippen LogP contribution in [0.2, 0.25) is 0 Å². The Kier molecular flexibility index (Phi) is 5.99. The Bertz CT molecular complexity index is 548. The number of nitrogens with zero attached hydrogens (tertiary/aromatic N) is 1. The molecular formula is C18H26F2N2O. The van der Waals surface area contributed by atoms with E-state index in [0.717, 1.165) is 13.0 Å². The molecule has 1 saturated heterocycles. The zero-order chi connectivity index (χ0) is 17.0. The molecule has 5 heteroatoms. The third kappa shape index (κ3) is 4.22. The van der Waals surface area contributed by atoms with Crippen molar-refractivity contribution in [1.29, 1.82) is 0 Å². The number of rotatable bonds is 6. The van der Waals surface area contributed by atoms with Crippen molar-refractivity contribution in [1.82, 2.24) is 4.90 Å². The van der Waals surface area contributed by atoms with Crippen molar-refractivity contribution >= 4 is 11.8 Å². The SMILES string of the molecule is C=Cc1c(F)cc(OCC2CCN(C(C)C)CC2F)cc1NC. The van der Waals surface area contributed by atoms with Crippen molar-refractivity contribution in [2.24, 2.45) is 5.92 Å². The number of halogens is 2. The van der Waals surface area contributed by atoms with Crippen LogP contribution < -0.4 is 10.1 Å². The fraction of sp³-hybridized carbons (Fsp3) is 0.556. The first-order valence-electron chi connectivity index (χ1n) is 8.11. The molecule has 2 atom stereocenters. The van der Waals surface area contributed by atoms with Gasteiger partial charge in [-0.2, -0.15) is 0 Å². The van der Waals surface area contributed by atoms with E-state index in [2.05, 4.69) is 30.6 Å². The van der Waals surface area contributed by atoms with Gasteiger partial charge in [0.25, 0.3) is 0 Å². The number of hydrogen-bond donors (Lipinski definition) is 1. The predicted molar refractivity (Wildman–Crippen MR) is 91.2 cm³/mol. The minimum atomic E-state index is -0.910. The van der Waals surface area contributed by atoms with E-state index in [9.17, 15) is 8.78 Å². The Morgan fingerprint density at radius 1 is 1.48 bits per heavy atom. The summed E-state index contributed by atoms with van der Waals surface area (Å²) in [5, 5.41) is 2.92. The zero-order valence-corrected chi connectivity index (χ0v) is 14.1. The maximum absolute atomic E-state index is 14.3. The molecular weight excluding hydrogens is 298 g/mol. The van der Waals surface area contributed by atoms with E-state index in [1.165, 1.54) is 12.1 Å². The number of ether oxygens (including phenoxy) is 1. The topological polar surface area (TPSA) is 24.5 Å². The smallest absolute Gasteiger partial charge is 0.136 e. The molecule has 0 aromatic heterocycles. The fourth-order valence-corrected chi connectivity index (χ4v) is 2.93. The first-order valence-corrected chi connectivity index (χ1v) is 8.11. The molecule has 0 bridgehead atoms. The molecule has 0 amide bonds. The van der Waals surface area contributed by atoms with E-state index in [4.69, 9.17) is 4.74 Å². The molecule has 3 nitrogen and oxygen atoms in total. The van der Waals surface area contributed by atoms with Crippen LogP contribution in [0.5, 0.6) is 5.75 Å². The van der Waals surface area contributed by atoms with E-state index in [1.54, 1.807) is 13.1 Å². The maximum Gasteiger partial charge on any atom is 0.136 e. The first-order chi connectivity index (χ1) is 11.0. The third-order valence-electron chi connectivity index (χ3n) is 4.48. The van der Waals surface area contributed by atoms with Crippen molar-refractivity contribution in [3.63, 3.8) is 0 Å². The third-order valence-corrected chi connectivity index (χ3v) is 4.48. The molecule has 0 saturated carbocycles. The van der Waals surface area contributed by atoms with Gasteiger partial charge in [-0.05, 0) is 26.8 Å². The summed E-state index contributed by atoms with van der Waals surface area (Å²) in [4.78, 5) is 2.14. The minimum absolute atomic E-state index is 0.148. The molecule has 1 aromatic carbocycles. The number of nitrogens with one attached hydrogen (secondary N) is 1. The van der Waals surface area contributed by atoms with Gasteiger partial charge in [-0.15, -0.1) is 0 Å². The van der Waals surface area contributed by atoms with E-state index >= 15 is 0 Å². The number of hydrogen-bond acceptors (Lipinski definition) is 3. The van der Waals surface area contributed by atoms with Crippen molar-refractivity contribution in [2.45, 2.75) is 32.5 Å². The summed E-state index contributed by atoms with van der Waals surface area (Å²) >= 11 is 0. The van der Waals surface area contributed by atoms with Crippen LogP contribution >= 0.6 is 0 Å². The summed E-state index contributed by atoms with van der Waals surface area (Å²) in [6.45, 7) is 9.34. The fourth-order valence-electron chi connectivity index (χ4n) is 2.93. The molecule has 128 valence electrons. The van der Waals surface area contributed by atoms with Gasteiger partial charge in [-0.25, -0.2) is 8.78 Å². The molecule has 2 rings (SSSR count). The van der Waals surface area contributed by atoms with Crippen LogP contribution in [-0.4, -0.2) is 43.9 Å². The van der Waals surface area contributed by atoms with Gasteiger partial charge in [0.15, 0.2) is 0 Å². The van der Waals surface area contributed by atoms with Gasteiger partial charge >= 0.3 is 0 Å².